The van der Waals surface area contributed by atoms with E-state index in [1.54, 1.807) is 0 Å². The van der Waals surface area contributed by atoms with Crippen LogP contribution in [0, 0.1) is 0 Å². The predicted octanol–water partition coefficient (Wildman–Crippen LogP) is 3.98. The number of hydrogen-bond donors (Lipinski definition) is 1. The SMILES string of the molecule is CCCNC(CC)C(C)c1ccc(C(F)(F)F)cn1. The predicted molar refractivity (Wildman–Crippen MR) is 70.0 cm³/mol. The maximum absolute atomic E-state index is 12.5. The summed E-state index contributed by atoms with van der Waals surface area (Å²) >= 11 is 0. The van der Waals surface area contributed by atoms with E-state index in [-0.39, 0.29) is 12.0 Å². The zero-order valence-electron chi connectivity index (χ0n) is 11.6. The second-order valence-corrected chi connectivity index (χ2v) is 4.73. The Morgan fingerprint density at radius 1 is 1.26 bits per heavy atom. The third kappa shape index (κ3) is 4.49. The summed E-state index contributed by atoms with van der Waals surface area (Å²) in [6.07, 6.45) is -1.45. The highest BCUT2D eigenvalue weighted by Crippen LogP contribution is 2.29. The lowest BCUT2D eigenvalue weighted by Gasteiger charge is -2.23. The van der Waals surface area contributed by atoms with Crippen LogP contribution in [-0.4, -0.2) is 17.6 Å². The van der Waals surface area contributed by atoms with Gasteiger partial charge in [-0.2, -0.15) is 13.2 Å². The molecule has 1 aromatic rings. The smallest absolute Gasteiger partial charge is 0.313 e. The maximum atomic E-state index is 12.5. The minimum Gasteiger partial charge on any atom is -0.313 e. The molecule has 0 fully saturated rings. The van der Waals surface area contributed by atoms with Gasteiger partial charge in [0.25, 0.3) is 0 Å². The lowest BCUT2D eigenvalue weighted by atomic mass is 9.95. The topological polar surface area (TPSA) is 24.9 Å². The molecule has 1 aromatic heterocycles. The molecule has 0 saturated heterocycles. The van der Waals surface area contributed by atoms with E-state index in [1.807, 2.05) is 6.92 Å². The van der Waals surface area contributed by atoms with Gasteiger partial charge in [-0.25, -0.2) is 0 Å². The molecule has 2 unspecified atom stereocenters. The number of pyridine rings is 1. The van der Waals surface area contributed by atoms with E-state index >= 15 is 0 Å². The van der Waals surface area contributed by atoms with E-state index in [0.717, 1.165) is 31.6 Å². The van der Waals surface area contributed by atoms with Gasteiger partial charge in [-0.15, -0.1) is 0 Å². The Balaban J connectivity index is 2.78. The third-order valence-corrected chi connectivity index (χ3v) is 3.28. The molecule has 108 valence electrons. The first-order valence-electron chi connectivity index (χ1n) is 6.66. The fourth-order valence-corrected chi connectivity index (χ4v) is 2.05. The Morgan fingerprint density at radius 2 is 1.95 bits per heavy atom. The highest BCUT2D eigenvalue weighted by Gasteiger charge is 2.31. The summed E-state index contributed by atoms with van der Waals surface area (Å²) in [5.41, 5.74) is 0.00136. The molecule has 0 aromatic carbocycles. The van der Waals surface area contributed by atoms with Gasteiger partial charge in [0.15, 0.2) is 0 Å². The Morgan fingerprint density at radius 3 is 2.37 bits per heavy atom. The summed E-state index contributed by atoms with van der Waals surface area (Å²) in [6, 6.07) is 2.82. The summed E-state index contributed by atoms with van der Waals surface area (Å²) in [5, 5.41) is 3.40. The van der Waals surface area contributed by atoms with Gasteiger partial charge in [0.2, 0.25) is 0 Å². The molecule has 0 spiro atoms. The van der Waals surface area contributed by atoms with Crippen molar-refractivity contribution in [3.63, 3.8) is 0 Å². The van der Waals surface area contributed by atoms with Gasteiger partial charge in [0, 0.05) is 23.9 Å². The second kappa shape index (κ2) is 6.89. The Bertz CT molecular complexity index is 373. The van der Waals surface area contributed by atoms with Gasteiger partial charge in [-0.05, 0) is 31.5 Å². The summed E-state index contributed by atoms with van der Waals surface area (Å²) < 4.78 is 37.4. The second-order valence-electron chi connectivity index (χ2n) is 4.73. The number of aromatic nitrogens is 1. The molecule has 5 heteroatoms. The number of hydrogen-bond acceptors (Lipinski definition) is 2. The molecule has 19 heavy (non-hydrogen) atoms. The number of alkyl halides is 3. The van der Waals surface area contributed by atoms with Gasteiger partial charge in [-0.3, -0.25) is 4.98 Å². The van der Waals surface area contributed by atoms with Crippen molar-refractivity contribution in [2.45, 2.75) is 51.7 Å². The van der Waals surface area contributed by atoms with Crippen molar-refractivity contribution in [3.05, 3.63) is 29.6 Å². The van der Waals surface area contributed by atoms with E-state index < -0.39 is 11.7 Å². The van der Waals surface area contributed by atoms with Crippen LogP contribution in [0.2, 0.25) is 0 Å². The maximum Gasteiger partial charge on any atom is 0.417 e. The van der Waals surface area contributed by atoms with Gasteiger partial charge >= 0.3 is 6.18 Å². The quantitative estimate of drug-likeness (QED) is 0.848. The number of halogens is 3. The molecule has 0 bridgehead atoms. The molecule has 0 aliphatic rings. The number of rotatable bonds is 6. The zero-order valence-corrected chi connectivity index (χ0v) is 11.6. The minimum absolute atomic E-state index is 0.0961. The average molecular weight is 274 g/mol. The van der Waals surface area contributed by atoms with Crippen LogP contribution in [0.25, 0.3) is 0 Å². The molecule has 2 atom stereocenters. The Hall–Kier alpha value is -1.10. The van der Waals surface area contributed by atoms with Crippen LogP contribution in [0.1, 0.15) is 50.8 Å². The standard InChI is InChI=1S/C14H21F3N2/c1-4-8-18-12(5-2)10(3)13-7-6-11(9-19-13)14(15,16)17/h6-7,9-10,12,18H,4-5,8H2,1-3H3. The van der Waals surface area contributed by atoms with E-state index in [2.05, 4.69) is 24.1 Å². The van der Waals surface area contributed by atoms with Crippen LogP contribution in [0.15, 0.2) is 18.3 Å². The van der Waals surface area contributed by atoms with Crippen molar-refractivity contribution >= 4 is 0 Å². The van der Waals surface area contributed by atoms with Crippen LogP contribution in [0.5, 0.6) is 0 Å². The molecular weight excluding hydrogens is 253 g/mol. The molecule has 2 nitrogen and oxygen atoms in total. The summed E-state index contributed by atoms with van der Waals surface area (Å²) in [5.74, 6) is 0.0961. The van der Waals surface area contributed by atoms with Gasteiger partial charge in [0.05, 0.1) is 5.56 Å². The van der Waals surface area contributed by atoms with E-state index in [9.17, 15) is 13.2 Å². The average Bonchev–Trinajstić information content (AvgIpc) is 2.38. The van der Waals surface area contributed by atoms with E-state index in [1.165, 1.54) is 6.07 Å². The lowest BCUT2D eigenvalue weighted by molar-refractivity contribution is -0.137. The van der Waals surface area contributed by atoms with Gasteiger partial charge in [0.1, 0.15) is 0 Å². The molecule has 0 amide bonds. The van der Waals surface area contributed by atoms with Crippen LogP contribution in [0.3, 0.4) is 0 Å². The normalized spacial score (nSPS) is 15.3. The van der Waals surface area contributed by atoms with Crippen molar-refractivity contribution in [1.82, 2.24) is 10.3 Å². The largest absolute Gasteiger partial charge is 0.417 e. The summed E-state index contributed by atoms with van der Waals surface area (Å²) in [6.45, 7) is 7.05. The molecule has 1 N–H and O–H groups in total. The summed E-state index contributed by atoms with van der Waals surface area (Å²) in [4.78, 5) is 3.96. The minimum atomic E-state index is -4.32. The van der Waals surface area contributed by atoms with Crippen LogP contribution < -0.4 is 5.32 Å². The first-order valence-corrected chi connectivity index (χ1v) is 6.66. The monoisotopic (exact) mass is 274 g/mol. The first kappa shape index (κ1) is 16.0. The van der Waals surface area contributed by atoms with Gasteiger partial charge in [-0.1, -0.05) is 20.8 Å². The number of nitrogens with one attached hydrogen (secondary N) is 1. The van der Waals surface area contributed by atoms with Crippen molar-refractivity contribution < 1.29 is 13.2 Å². The molecule has 0 saturated carbocycles. The van der Waals surface area contributed by atoms with E-state index in [4.69, 9.17) is 0 Å². The Labute approximate surface area is 112 Å². The van der Waals surface area contributed by atoms with Crippen molar-refractivity contribution in [1.29, 1.82) is 0 Å². The fraction of sp³-hybridized carbons (Fsp3) is 0.643. The highest BCUT2D eigenvalue weighted by molar-refractivity contribution is 5.19. The molecule has 1 heterocycles. The van der Waals surface area contributed by atoms with Crippen LogP contribution in [0.4, 0.5) is 13.2 Å². The Kier molecular flexibility index (Phi) is 5.79. The van der Waals surface area contributed by atoms with Crippen molar-refractivity contribution in [2.24, 2.45) is 0 Å². The molecule has 0 aliphatic carbocycles. The van der Waals surface area contributed by atoms with Crippen molar-refractivity contribution in [2.75, 3.05) is 6.54 Å². The zero-order chi connectivity index (χ0) is 14.5. The third-order valence-electron chi connectivity index (χ3n) is 3.28. The highest BCUT2D eigenvalue weighted by atomic mass is 19.4. The molecule has 1 rings (SSSR count). The van der Waals surface area contributed by atoms with E-state index in [0.29, 0.717) is 5.69 Å². The van der Waals surface area contributed by atoms with Crippen LogP contribution >= 0.6 is 0 Å². The number of nitrogens with zero attached hydrogens (tertiary/aromatic N) is 1. The molecule has 0 aliphatic heterocycles. The summed E-state index contributed by atoms with van der Waals surface area (Å²) in [7, 11) is 0. The van der Waals surface area contributed by atoms with Crippen molar-refractivity contribution in [3.8, 4) is 0 Å². The fourth-order valence-electron chi connectivity index (χ4n) is 2.05. The molecule has 0 radical (unpaired) electrons. The van der Waals surface area contributed by atoms with Gasteiger partial charge < -0.3 is 5.32 Å². The first-order chi connectivity index (χ1) is 8.90. The molecular formula is C14H21F3N2. The lowest BCUT2D eigenvalue weighted by Crippen LogP contribution is -2.34. The van der Waals surface area contributed by atoms with Crippen LogP contribution in [-0.2, 0) is 6.18 Å².